The molecule has 0 amide bonds. The Morgan fingerprint density at radius 1 is 1.43 bits per heavy atom. The van der Waals surface area contributed by atoms with Crippen LogP contribution in [0.25, 0.3) is 0 Å². The number of carbonyl (C=O) groups excluding carboxylic acids is 1. The summed E-state index contributed by atoms with van der Waals surface area (Å²) in [5, 5.41) is 9.18. The van der Waals surface area contributed by atoms with Gasteiger partial charge in [-0.1, -0.05) is 45.2 Å². The van der Waals surface area contributed by atoms with Crippen molar-refractivity contribution in [3.8, 4) is 0 Å². The minimum atomic E-state index is -0.922. The van der Waals surface area contributed by atoms with Crippen LogP contribution in [0, 0.1) is 0 Å². The van der Waals surface area contributed by atoms with E-state index in [4.69, 9.17) is 0 Å². The van der Waals surface area contributed by atoms with Gasteiger partial charge in [-0.2, -0.15) is 0 Å². The lowest BCUT2D eigenvalue weighted by Gasteiger charge is -2.05. The molecule has 0 radical (unpaired) electrons. The van der Waals surface area contributed by atoms with Gasteiger partial charge in [0.1, 0.15) is 6.10 Å². The average Bonchev–Trinajstić information content (AvgIpc) is 2.19. The Morgan fingerprint density at radius 2 is 1.93 bits per heavy atom. The summed E-state index contributed by atoms with van der Waals surface area (Å²) >= 11 is 0. The average molecular weight is 196 g/mol. The third-order valence-corrected chi connectivity index (χ3v) is 1.49. The maximum atomic E-state index is 10.7. The van der Waals surface area contributed by atoms with E-state index >= 15 is 0 Å². The predicted molar refractivity (Wildman–Crippen MR) is 61.1 cm³/mol. The van der Waals surface area contributed by atoms with Crippen molar-refractivity contribution in [1.82, 2.24) is 0 Å². The highest BCUT2D eigenvalue weighted by atomic mass is 16.3. The molecular formula is C12H20O2. The van der Waals surface area contributed by atoms with Gasteiger partial charge in [0.25, 0.3) is 0 Å². The number of rotatable bonds is 5. The van der Waals surface area contributed by atoms with Crippen molar-refractivity contribution >= 4 is 5.78 Å². The molecule has 1 atom stereocenters. The van der Waals surface area contributed by atoms with E-state index in [1.807, 2.05) is 13.8 Å². The van der Waals surface area contributed by atoms with Crippen LogP contribution < -0.4 is 0 Å². The second-order valence-electron chi connectivity index (χ2n) is 2.51. The van der Waals surface area contributed by atoms with Gasteiger partial charge in [-0.3, -0.25) is 4.79 Å². The lowest BCUT2D eigenvalue weighted by atomic mass is 10.1. The molecule has 0 aliphatic heterocycles. The predicted octanol–water partition coefficient (Wildman–Crippen LogP) is 2.65. The monoisotopic (exact) mass is 196 g/mol. The fourth-order valence-electron chi connectivity index (χ4n) is 0.738. The van der Waals surface area contributed by atoms with Crippen molar-refractivity contribution in [2.75, 3.05) is 0 Å². The summed E-state index contributed by atoms with van der Waals surface area (Å²) in [6.45, 7) is 12.4. The van der Waals surface area contributed by atoms with Crippen LogP contribution in [0.1, 0.15) is 27.2 Å². The summed E-state index contributed by atoms with van der Waals surface area (Å²) < 4.78 is 0. The molecule has 1 N–H and O–H groups in total. The molecule has 2 heteroatoms. The number of carbonyl (C=O) groups is 1. The molecule has 0 aliphatic carbocycles. The molecule has 0 aromatic carbocycles. The fourth-order valence-corrected chi connectivity index (χ4v) is 0.738. The maximum Gasteiger partial charge on any atom is 0.158 e. The molecule has 1 unspecified atom stereocenters. The van der Waals surface area contributed by atoms with E-state index in [1.54, 1.807) is 18.2 Å². The molecule has 14 heavy (non-hydrogen) atoms. The van der Waals surface area contributed by atoms with Gasteiger partial charge in [-0.15, -0.1) is 0 Å². The molecule has 0 heterocycles. The smallest absolute Gasteiger partial charge is 0.158 e. The number of hydrogen-bond donors (Lipinski definition) is 1. The molecule has 0 spiro atoms. The Hall–Kier alpha value is -1.15. The summed E-state index contributed by atoms with van der Waals surface area (Å²) in [5.41, 5.74) is 0.813. The number of aliphatic hydroxyl groups excluding tert-OH is 1. The van der Waals surface area contributed by atoms with Crippen LogP contribution in [0.4, 0.5) is 0 Å². The van der Waals surface area contributed by atoms with Gasteiger partial charge in [-0.05, 0) is 12.5 Å². The SMILES string of the molecule is C=C/C=C(\C=C)CC(O)C(C)=O.CC. The van der Waals surface area contributed by atoms with E-state index in [9.17, 15) is 9.90 Å². The van der Waals surface area contributed by atoms with Crippen LogP contribution in [-0.4, -0.2) is 17.0 Å². The third-order valence-electron chi connectivity index (χ3n) is 1.49. The van der Waals surface area contributed by atoms with E-state index in [-0.39, 0.29) is 5.78 Å². The molecule has 0 saturated heterocycles. The Morgan fingerprint density at radius 3 is 2.21 bits per heavy atom. The first-order chi connectivity index (χ1) is 6.61. The minimum absolute atomic E-state index is 0.230. The first-order valence-electron chi connectivity index (χ1n) is 4.74. The zero-order valence-corrected chi connectivity index (χ0v) is 9.29. The second-order valence-corrected chi connectivity index (χ2v) is 2.51. The standard InChI is InChI=1S/C10H14O2.C2H6/c1-4-6-9(5-2)7-10(12)8(3)11;1-2/h4-6,10,12H,1-2,7H2,3H3;1-2H3/b9-6+;. The van der Waals surface area contributed by atoms with Crippen molar-refractivity contribution in [2.24, 2.45) is 0 Å². The van der Waals surface area contributed by atoms with Gasteiger partial charge >= 0.3 is 0 Å². The molecule has 80 valence electrons. The highest BCUT2D eigenvalue weighted by molar-refractivity contribution is 5.80. The zero-order valence-electron chi connectivity index (χ0n) is 9.29. The molecule has 0 rings (SSSR count). The van der Waals surface area contributed by atoms with Gasteiger partial charge in [0.05, 0.1) is 0 Å². The maximum absolute atomic E-state index is 10.7. The Bertz CT molecular complexity index is 214. The molecular weight excluding hydrogens is 176 g/mol. The molecule has 0 aromatic heterocycles. The molecule has 0 aliphatic rings. The van der Waals surface area contributed by atoms with Crippen molar-refractivity contribution in [3.05, 3.63) is 37.0 Å². The molecule has 0 fully saturated rings. The highest BCUT2D eigenvalue weighted by Crippen LogP contribution is 2.07. The summed E-state index contributed by atoms with van der Waals surface area (Å²) in [6, 6.07) is 0. The third kappa shape index (κ3) is 7.50. The Balaban J connectivity index is 0. The fraction of sp³-hybridized carbons (Fsp3) is 0.417. The van der Waals surface area contributed by atoms with Crippen LogP contribution in [-0.2, 0) is 4.79 Å². The number of ketones is 1. The number of aliphatic hydroxyl groups is 1. The number of allylic oxidation sites excluding steroid dienone is 3. The van der Waals surface area contributed by atoms with Crippen LogP contribution in [0.5, 0.6) is 0 Å². The number of Topliss-reactive ketones (excluding diaryl/α,β-unsaturated/α-hetero) is 1. The number of hydrogen-bond acceptors (Lipinski definition) is 2. The topological polar surface area (TPSA) is 37.3 Å². The minimum Gasteiger partial charge on any atom is -0.385 e. The van der Waals surface area contributed by atoms with Crippen LogP contribution in [0.15, 0.2) is 37.0 Å². The second kappa shape index (κ2) is 9.93. The summed E-state index contributed by atoms with van der Waals surface area (Å²) in [4.78, 5) is 10.7. The molecule has 0 aromatic rings. The summed E-state index contributed by atoms with van der Waals surface area (Å²) in [6.07, 6.45) is 4.32. The van der Waals surface area contributed by atoms with E-state index in [1.165, 1.54) is 6.92 Å². The molecule has 0 bridgehead atoms. The lowest BCUT2D eigenvalue weighted by Crippen LogP contribution is -2.16. The summed E-state index contributed by atoms with van der Waals surface area (Å²) in [7, 11) is 0. The van der Waals surface area contributed by atoms with E-state index in [0.29, 0.717) is 6.42 Å². The van der Waals surface area contributed by atoms with Crippen LogP contribution in [0.3, 0.4) is 0 Å². The Kier molecular flexibility index (Phi) is 10.9. The van der Waals surface area contributed by atoms with Crippen molar-refractivity contribution < 1.29 is 9.90 Å². The zero-order chi connectivity index (χ0) is 11.6. The van der Waals surface area contributed by atoms with Crippen molar-refractivity contribution in [2.45, 2.75) is 33.3 Å². The van der Waals surface area contributed by atoms with Gasteiger partial charge < -0.3 is 5.11 Å². The van der Waals surface area contributed by atoms with Crippen molar-refractivity contribution in [3.63, 3.8) is 0 Å². The normalized spacial score (nSPS) is 12.1. The van der Waals surface area contributed by atoms with E-state index in [2.05, 4.69) is 13.2 Å². The van der Waals surface area contributed by atoms with Gasteiger partial charge in [0.15, 0.2) is 5.78 Å². The van der Waals surface area contributed by atoms with E-state index in [0.717, 1.165) is 5.57 Å². The molecule has 0 saturated carbocycles. The first kappa shape index (κ1) is 15.3. The summed E-state index contributed by atoms with van der Waals surface area (Å²) in [5.74, 6) is -0.230. The van der Waals surface area contributed by atoms with Gasteiger partial charge in [0, 0.05) is 6.42 Å². The van der Waals surface area contributed by atoms with E-state index < -0.39 is 6.10 Å². The first-order valence-corrected chi connectivity index (χ1v) is 4.74. The van der Waals surface area contributed by atoms with Gasteiger partial charge in [0.2, 0.25) is 0 Å². The Labute approximate surface area is 86.6 Å². The van der Waals surface area contributed by atoms with Crippen molar-refractivity contribution in [1.29, 1.82) is 0 Å². The molecule has 2 nitrogen and oxygen atoms in total. The lowest BCUT2D eigenvalue weighted by molar-refractivity contribution is -0.124. The highest BCUT2D eigenvalue weighted by Gasteiger charge is 2.09. The quantitative estimate of drug-likeness (QED) is 0.686. The largest absolute Gasteiger partial charge is 0.385 e. The van der Waals surface area contributed by atoms with Gasteiger partial charge in [-0.25, -0.2) is 0 Å². The van der Waals surface area contributed by atoms with Crippen LogP contribution >= 0.6 is 0 Å². The van der Waals surface area contributed by atoms with Crippen LogP contribution in [0.2, 0.25) is 0 Å².